The van der Waals surface area contributed by atoms with E-state index in [0.717, 1.165) is 10.4 Å². The van der Waals surface area contributed by atoms with Gasteiger partial charge in [0.05, 0.1) is 24.2 Å². The summed E-state index contributed by atoms with van der Waals surface area (Å²) in [5, 5.41) is 10.5. The van der Waals surface area contributed by atoms with Crippen LogP contribution >= 0.6 is 0 Å². The van der Waals surface area contributed by atoms with E-state index in [1.807, 2.05) is 26.0 Å². The lowest BCUT2D eigenvalue weighted by molar-refractivity contribution is -0.129. The first-order valence-corrected chi connectivity index (χ1v) is 14.6. The van der Waals surface area contributed by atoms with E-state index in [1.54, 1.807) is 42.1 Å². The Morgan fingerprint density at radius 2 is 1.80 bits per heavy atom. The largest absolute Gasteiger partial charge is 0.468 e. The second-order valence-corrected chi connectivity index (χ2v) is 11.0. The number of unbranched alkanes of at least 4 members (excludes halogenated alkanes) is 1. The van der Waals surface area contributed by atoms with Gasteiger partial charge in [-0.3, -0.25) is 19.2 Å². The molecule has 46 heavy (non-hydrogen) atoms. The molecule has 0 atom stereocenters. The highest BCUT2D eigenvalue weighted by Crippen LogP contribution is 2.28. The number of hydrogen-bond donors (Lipinski definition) is 2. The van der Waals surface area contributed by atoms with Crippen LogP contribution in [-0.4, -0.2) is 95.6 Å². The van der Waals surface area contributed by atoms with Crippen LogP contribution in [0.5, 0.6) is 0 Å². The Morgan fingerprint density at radius 3 is 2.37 bits per heavy atom. The Morgan fingerprint density at radius 1 is 1.15 bits per heavy atom. The molecule has 1 aliphatic rings. The minimum absolute atomic E-state index is 0.186. The summed E-state index contributed by atoms with van der Waals surface area (Å²) in [6.07, 6.45) is 8.40. The molecule has 3 aromatic rings. The highest BCUT2D eigenvalue weighted by atomic mass is 19.1. The number of hydrogen-bond acceptors (Lipinski definition) is 8. The monoisotopic (exact) mass is 644 g/mol. The van der Waals surface area contributed by atoms with Crippen LogP contribution in [0.4, 0.5) is 14.9 Å². The molecule has 14 heteroatoms. The number of imidazole rings is 1. The fourth-order valence-electron chi connectivity index (χ4n) is 3.48. The third-order valence-corrected chi connectivity index (χ3v) is 6.01. The number of carbonyl (C=O) groups excluding carboxylic acids is 3. The fraction of sp³-hybridized carbons (Fsp3) is 0.438. The van der Waals surface area contributed by atoms with Gasteiger partial charge in [0.15, 0.2) is 0 Å². The summed E-state index contributed by atoms with van der Waals surface area (Å²) < 4.78 is 21.2. The molecule has 2 amide bonds. The van der Waals surface area contributed by atoms with Crippen LogP contribution in [0, 0.1) is 11.7 Å². The number of benzene rings is 1. The Kier molecular flexibility index (Phi) is 17.9. The molecular weight excluding hydrogens is 599 g/mol. The van der Waals surface area contributed by atoms with Gasteiger partial charge in [0, 0.05) is 39.8 Å². The average molecular weight is 645 g/mol. The molecule has 2 N–H and O–H groups in total. The van der Waals surface area contributed by atoms with Gasteiger partial charge >= 0.3 is 6.09 Å². The zero-order valence-electron chi connectivity index (χ0n) is 27.3. The van der Waals surface area contributed by atoms with Crippen molar-refractivity contribution in [3.05, 3.63) is 70.7 Å². The molecule has 0 bridgehead atoms. The van der Waals surface area contributed by atoms with E-state index in [9.17, 15) is 28.4 Å². The summed E-state index contributed by atoms with van der Waals surface area (Å²) >= 11 is 0. The third-order valence-electron chi connectivity index (χ3n) is 6.01. The first-order chi connectivity index (χ1) is 21.8. The SMILES string of the molecule is CN(C)C.CN(C)C(=O)O.Cn1c(Cn2cccc(NC(=O)CCC/C=C/C=O)c2=O)nc2cc(F)ccc21.O=COCC1CC1. The summed E-state index contributed by atoms with van der Waals surface area (Å²) in [7, 11) is 10.8. The maximum atomic E-state index is 13.4. The number of fused-ring (bicyclic) bond motifs is 1. The summed E-state index contributed by atoms with van der Waals surface area (Å²) in [5.41, 5.74) is 1.12. The molecule has 1 aliphatic carbocycles. The molecule has 2 heterocycles. The maximum absolute atomic E-state index is 13.4. The molecule has 0 saturated heterocycles. The van der Waals surface area contributed by atoms with Crippen molar-refractivity contribution in [2.45, 2.75) is 38.6 Å². The molecule has 1 saturated carbocycles. The van der Waals surface area contributed by atoms with Crippen LogP contribution in [-0.2, 0) is 32.7 Å². The van der Waals surface area contributed by atoms with Gasteiger partial charge in [-0.05, 0) is 83.1 Å². The lowest BCUT2D eigenvalue weighted by Crippen LogP contribution is -2.26. The molecular formula is C32H45FN6O7. The predicted octanol–water partition coefficient (Wildman–Crippen LogP) is 3.76. The molecule has 252 valence electrons. The first-order valence-electron chi connectivity index (χ1n) is 14.6. The fourth-order valence-corrected chi connectivity index (χ4v) is 3.48. The summed E-state index contributed by atoms with van der Waals surface area (Å²) in [6.45, 7) is 1.34. The van der Waals surface area contributed by atoms with E-state index in [-0.39, 0.29) is 35.9 Å². The smallest absolute Gasteiger partial charge is 0.406 e. The highest BCUT2D eigenvalue weighted by molar-refractivity contribution is 5.90. The van der Waals surface area contributed by atoms with Crippen molar-refractivity contribution < 1.29 is 33.4 Å². The Balaban J connectivity index is 0.000000506. The molecule has 2 aromatic heterocycles. The van der Waals surface area contributed by atoms with E-state index in [1.165, 1.54) is 49.7 Å². The van der Waals surface area contributed by atoms with Crippen molar-refractivity contribution >= 4 is 41.5 Å². The Labute approximate surface area is 268 Å². The lowest BCUT2D eigenvalue weighted by atomic mass is 10.2. The van der Waals surface area contributed by atoms with E-state index < -0.39 is 6.09 Å². The third kappa shape index (κ3) is 15.7. The second-order valence-electron chi connectivity index (χ2n) is 11.0. The number of aryl methyl sites for hydroxylation is 1. The van der Waals surface area contributed by atoms with Crippen LogP contribution in [0.25, 0.3) is 11.0 Å². The number of nitrogens with one attached hydrogen (secondary N) is 1. The average Bonchev–Trinajstić information content (AvgIpc) is 3.77. The number of anilines is 1. The number of pyridine rings is 1. The molecule has 0 radical (unpaired) electrons. The number of carbonyl (C=O) groups is 4. The number of aromatic nitrogens is 3. The number of ether oxygens (including phenoxy) is 1. The topological polar surface area (TPSA) is 156 Å². The minimum Gasteiger partial charge on any atom is -0.468 e. The molecule has 1 fully saturated rings. The van der Waals surface area contributed by atoms with Crippen molar-refractivity contribution in [2.24, 2.45) is 13.0 Å². The van der Waals surface area contributed by atoms with Crippen LogP contribution in [0.1, 0.15) is 37.9 Å². The second kappa shape index (κ2) is 21.0. The standard InChI is InChI=1S/C21H21FN4O3.C5H8O2.C3H7NO2.C3H9N/c1-25-18-10-9-15(22)13-17(18)23-19(25)14-26-11-6-7-16(21(26)29)24-20(28)8-4-2-3-5-12-27;6-4-7-3-5-1-2-5;1-4(2)3(5)6;1-4(2)3/h3,5-7,9-13H,2,4,8,14H2,1H3,(H,24,28);4-5H,1-3H2;1-2H3,(H,5,6);1-3H3/b5-3+;;;. The number of allylic oxidation sites excluding steroid dienone is 2. The first kappa shape index (κ1) is 39.2. The van der Waals surface area contributed by atoms with Crippen LogP contribution in [0.2, 0.25) is 0 Å². The van der Waals surface area contributed by atoms with Gasteiger partial charge in [-0.15, -0.1) is 0 Å². The van der Waals surface area contributed by atoms with Crippen molar-refractivity contribution in [3.8, 4) is 0 Å². The Bertz CT molecular complexity index is 1490. The number of nitrogens with zero attached hydrogens (tertiary/aromatic N) is 5. The number of halogens is 1. The molecule has 13 nitrogen and oxygen atoms in total. The van der Waals surface area contributed by atoms with Gasteiger partial charge in [-0.25, -0.2) is 14.2 Å². The quantitative estimate of drug-likeness (QED) is 0.180. The molecule has 1 aromatic carbocycles. The maximum Gasteiger partial charge on any atom is 0.406 e. The molecule has 4 rings (SSSR count). The van der Waals surface area contributed by atoms with Gasteiger partial charge in [-0.1, -0.05) is 6.08 Å². The Hall–Kier alpha value is -4.85. The van der Waals surface area contributed by atoms with Gasteiger partial charge in [0.2, 0.25) is 5.91 Å². The van der Waals surface area contributed by atoms with Gasteiger partial charge in [0.25, 0.3) is 12.0 Å². The lowest BCUT2D eigenvalue weighted by Gasteiger charge is -2.09. The summed E-state index contributed by atoms with van der Waals surface area (Å²) in [4.78, 5) is 61.6. The summed E-state index contributed by atoms with van der Waals surface area (Å²) in [5.74, 6) is 0.659. The van der Waals surface area contributed by atoms with Crippen LogP contribution < -0.4 is 10.9 Å². The summed E-state index contributed by atoms with van der Waals surface area (Å²) in [6, 6.07) is 7.58. The van der Waals surface area contributed by atoms with Gasteiger partial charge in [0.1, 0.15) is 23.6 Å². The highest BCUT2D eigenvalue weighted by Gasteiger charge is 2.21. The molecule has 0 unspecified atom stereocenters. The number of amides is 2. The van der Waals surface area contributed by atoms with Crippen LogP contribution in [0.15, 0.2) is 53.5 Å². The van der Waals surface area contributed by atoms with E-state index in [4.69, 9.17) is 5.11 Å². The number of carboxylic acid groups (broad SMARTS) is 1. The van der Waals surface area contributed by atoms with Crippen molar-refractivity contribution in [1.82, 2.24) is 23.9 Å². The zero-order chi connectivity index (χ0) is 34.6. The van der Waals surface area contributed by atoms with Gasteiger partial charge in [-0.2, -0.15) is 0 Å². The molecule has 0 spiro atoms. The normalized spacial score (nSPS) is 11.7. The minimum atomic E-state index is -0.907. The van der Waals surface area contributed by atoms with Crippen molar-refractivity contribution in [2.75, 3.05) is 47.2 Å². The van der Waals surface area contributed by atoms with E-state index in [0.29, 0.717) is 49.5 Å². The van der Waals surface area contributed by atoms with E-state index >= 15 is 0 Å². The number of rotatable bonds is 11. The van der Waals surface area contributed by atoms with Gasteiger partial charge < -0.3 is 34.1 Å². The molecule has 0 aliphatic heterocycles. The number of aldehydes is 1. The van der Waals surface area contributed by atoms with Crippen molar-refractivity contribution in [1.29, 1.82) is 0 Å². The van der Waals surface area contributed by atoms with Crippen molar-refractivity contribution in [3.63, 3.8) is 0 Å². The zero-order valence-corrected chi connectivity index (χ0v) is 27.3. The predicted molar refractivity (Wildman–Crippen MR) is 174 cm³/mol. The van der Waals surface area contributed by atoms with Crippen LogP contribution in [0.3, 0.4) is 0 Å². The van der Waals surface area contributed by atoms with E-state index in [2.05, 4.69) is 15.0 Å².